The second kappa shape index (κ2) is 3.18. The second-order valence-corrected chi connectivity index (χ2v) is 2.86. The molecule has 0 spiro atoms. The number of aldehydes is 1. The molecular formula is C7H3BBrFO. The first kappa shape index (κ1) is 8.46. The molecule has 0 amide bonds. The first-order valence-corrected chi connectivity index (χ1v) is 3.64. The summed E-state index contributed by atoms with van der Waals surface area (Å²) >= 11 is 3.01. The van der Waals surface area contributed by atoms with E-state index in [1.807, 2.05) is 0 Å². The average Bonchev–Trinajstić information content (AvgIpc) is 1.85. The zero-order valence-corrected chi connectivity index (χ0v) is 7.06. The molecule has 2 radical (unpaired) electrons. The van der Waals surface area contributed by atoms with Crippen molar-refractivity contribution >= 4 is 35.5 Å². The summed E-state index contributed by atoms with van der Waals surface area (Å²) in [5.74, 6) is -0.458. The summed E-state index contributed by atoms with van der Waals surface area (Å²) in [4.78, 5) is 10.3. The first-order chi connectivity index (χ1) is 5.15. The maximum Gasteiger partial charge on any atom is 0.150 e. The van der Waals surface area contributed by atoms with Crippen molar-refractivity contribution in [2.45, 2.75) is 0 Å². The molecule has 0 aromatic heterocycles. The van der Waals surface area contributed by atoms with Crippen molar-refractivity contribution < 1.29 is 9.18 Å². The first-order valence-electron chi connectivity index (χ1n) is 2.85. The van der Waals surface area contributed by atoms with E-state index in [9.17, 15) is 9.18 Å². The third-order valence-corrected chi connectivity index (χ3v) is 1.90. The van der Waals surface area contributed by atoms with Crippen molar-refractivity contribution in [3.05, 3.63) is 28.0 Å². The van der Waals surface area contributed by atoms with E-state index in [-0.39, 0.29) is 11.0 Å². The Morgan fingerprint density at radius 1 is 1.55 bits per heavy atom. The van der Waals surface area contributed by atoms with Gasteiger partial charge in [-0.25, -0.2) is 4.39 Å². The second-order valence-electron chi connectivity index (χ2n) is 2.01. The van der Waals surface area contributed by atoms with Gasteiger partial charge in [-0.15, -0.1) is 0 Å². The minimum atomic E-state index is -0.458. The highest BCUT2D eigenvalue weighted by atomic mass is 79.9. The van der Waals surface area contributed by atoms with Gasteiger partial charge in [-0.3, -0.25) is 4.79 Å². The standard InChI is InChI=1S/C7H3BBrFO/c8-6-1-4(10)2-7(9)5(6)3-11/h1-3H. The molecule has 1 aromatic carbocycles. The van der Waals surface area contributed by atoms with Crippen LogP contribution in [0.4, 0.5) is 4.39 Å². The number of halogens is 2. The molecule has 0 N–H and O–H groups in total. The van der Waals surface area contributed by atoms with Gasteiger partial charge in [-0.05, 0) is 28.1 Å². The summed E-state index contributed by atoms with van der Waals surface area (Å²) in [6, 6.07) is 2.30. The van der Waals surface area contributed by atoms with Gasteiger partial charge in [0.1, 0.15) is 13.7 Å². The van der Waals surface area contributed by atoms with Crippen LogP contribution >= 0.6 is 15.9 Å². The number of hydrogen-bond donors (Lipinski definition) is 0. The van der Waals surface area contributed by atoms with Crippen molar-refractivity contribution in [3.8, 4) is 0 Å². The molecule has 0 bridgehead atoms. The zero-order valence-electron chi connectivity index (χ0n) is 5.47. The molecule has 1 aromatic rings. The topological polar surface area (TPSA) is 17.1 Å². The lowest BCUT2D eigenvalue weighted by Gasteiger charge is -2.00. The summed E-state index contributed by atoms with van der Waals surface area (Å²) in [6.45, 7) is 0. The summed E-state index contributed by atoms with van der Waals surface area (Å²) < 4.78 is 12.9. The van der Waals surface area contributed by atoms with E-state index in [2.05, 4.69) is 15.9 Å². The number of carbonyl (C=O) groups is 1. The van der Waals surface area contributed by atoms with Gasteiger partial charge in [-0.1, -0.05) is 5.46 Å². The van der Waals surface area contributed by atoms with Crippen LogP contribution in [0.3, 0.4) is 0 Å². The predicted molar refractivity (Wildman–Crippen MR) is 44.9 cm³/mol. The molecule has 4 heteroatoms. The van der Waals surface area contributed by atoms with E-state index in [4.69, 9.17) is 7.85 Å². The van der Waals surface area contributed by atoms with Crippen molar-refractivity contribution in [1.82, 2.24) is 0 Å². The monoisotopic (exact) mass is 212 g/mol. The van der Waals surface area contributed by atoms with E-state index < -0.39 is 5.82 Å². The smallest absolute Gasteiger partial charge is 0.150 e. The average molecular weight is 213 g/mol. The fraction of sp³-hybridized carbons (Fsp3) is 0. The molecule has 0 aliphatic carbocycles. The van der Waals surface area contributed by atoms with E-state index in [1.54, 1.807) is 0 Å². The minimum absolute atomic E-state index is 0.145. The molecule has 0 aliphatic rings. The maximum absolute atomic E-state index is 12.5. The van der Waals surface area contributed by atoms with Crippen LogP contribution in [0, 0.1) is 5.82 Å². The van der Waals surface area contributed by atoms with Crippen molar-refractivity contribution in [1.29, 1.82) is 0 Å². The summed E-state index contributed by atoms with van der Waals surface area (Å²) in [7, 11) is 5.33. The molecule has 1 rings (SSSR count). The highest BCUT2D eigenvalue weighted by Gasteiger charge is 2.03. The molecule has 0 atom stereocenters. The Morgan fingerprint density at radius 2 is 2.18 bits per heavy atom. The molecule has 1 nitrogen and oxygen atoms in total. The molecule has 0 saturated heterocycles. The Kier molecular flexibility index (Phi) is 2.44. The SMILES string of the molecule is [B]c1cc(F)cc(Br)c1C=O. The molecule has 0 heterocycles. The van der Waals surface area contributed by atoms with E-state index in [0.29, 0.717) is 10.8 Å². The van der Waals surface area contributed by atoms with Crippen molar-refractivity contribution in [2.75, 3.05) is 0 Å². The van der Waals surface area contributed by atoms with Gasteiger partial charge in [0.2, 0.25) is 0 Å². The zero-order chi connectivity index (χ0) is 8.43. The Morgan fingerprint density at radius 3 is 2.64 bits per heavy atom. The van der Waals surface area contributed by atoms with Crippen LogP contribution in [0.2, 0.25) is 0 Å². The Hall–Kier alpha value is -0.635. The van der Waals surface area contributed by atoms with Crippen molar-refractivity contribution in [2.24, 2.45) is 0 Å². The Labute approximate surface area is 73.1 Å². The quantitative estimate of drug-likeness (QED) is 0.505. The van der Waals surface area contributed by atoms with Gasteiger partial charge in [0.25, 0.3) is 0 Å². The fourth-order valence-electron chi connectivity index (χ4n) is 0.729. The summed E-state index contributed by atoms with van der Waals surface area (Å²) in [5, 5.41) is 0. The highest BCUT2D eigenvalue weighted by molar-refractivity contribution is 9.10. The van der Waals surface area contributed by atoms with Gasteiger partial charge >= 0.3 is 0 Å². The molecule has 54 valence electrons. The van der Waals surface area contributed by atoms with Gasteiger partial charge < -0.3 is 0 Å². The fourth-order valence-corrected chi connectivity index (χ4v) is 1.27. The van der Waals surface area contributed by atoms with Crippen LogP contribution in [-0.2, 0) is 0 Å². The summed E-state index contributed by atoms with van der Waals surface area (Å²) in [5.41, 5.74) is 0.429. The number of rotatable bonds is 1. The van der Waals surface area contributed by atoms with E-state index in [1.165, 1.54) is 6.07 Å². The van der Waals surface area contributed by atoms with E-state index >= 15 is 0 Å². The van der Waals surface area contributed by atoms with Crippen LogP contribution in [0.1, 0.15) is 10.4 Å². The molecule has 0 saturated carbocycles. The Bertz CT molecular complexity index is 277. The van der Waals surface area contributed by atoms with Gasteiger partial charge in [0.05, 0.1) is 0 Å². The molecule has 0 unspecified atom stereocenters. The summed E-state index contributed by atoms with van der Waals surface area (Å²) in [6.07, 6.45) is 0.582. The lowest BCUT2D eigenvalue weighted by Crippen LogP contribution is -2.11. The molecule has 0 fully saturated rings. The normalized spacial score (nSPS) is 9.64. The van der Waals surface area contributed by atoms with Crippen LogP contribution in [-0.4, -0.2) is 14.1 Å². The molecular weight excluding hydrogens is 210 g/mol. The van der Waals surface area contributed by atoms with E-state index in [0.717, 1.165) is 6.07 Å². The number of hydrogen-bond acceptors (Lipinski definition) is 1. The van der Waals surface area contributed by atoms with Crippen LogP contribution in [0.15, 0.2) is 16.6 Å². The van der Waals surface area contributed by atoms with Crippen LogP contribution < -0.4 is 5.46 Å². The highest BCUT2D eigenvalue weighted by Crippen LogP contribution is 2.13. The molecule has 0 aliphatic heterocycles. The molecule has 11 heavy (non-hydrogen) atoms. The van der Waals surface area contributed by atoms with Crippen molar-refractivity contribution in [3.63, 3.8) is 0 Å². The Balaban J connectivity index is 3.36. The number of carbonyl (C=O) groups excluding carboxylic acids is 1. The van der Waals surface area contributed by atoms with Crippen LogP contribution in [0.5, 0.6) is 0 Å². The predicted octanol–water partition coefficient (Wildman–Crippen LogP) is 1.19. The largest absolute Gasteiger partial charge is 0.298 e. The maximum atomic E-state index is 12.5. The third kappa shape index (κ3) is 1.68. The van der Waals surface area contributed by atoms with Gasteiger partial charge in [-0.2, -0.15) is 0 Å². The minimum Gasteiger partial charge on any atom is -0.298 e. The third-order valence-electron chi connectivity index (χ3n) is 1.24. The number of benzene rings is 1. The van der Waals surface area contributed by atoms with Crippen LogP contribution in [0.25, 0.3) is 0 Å². The van der Waals surface area contributed by atoms with Gasteiger partial charge in [0.15, 0.2) is 6.29 Å². The lowest BCUT2D eigenvalue weighted by molar-refractivity contribution is 0.112. The van der Waals surface area contributed by atoms with Gasteiger partial charge in [0, 0.05) is 10.0 Å². The lowest BCUT2D eigenvalue weighted by atomic mass is 9.91.